The Morgan fingerprint density at radius 1 is 0.545 bits per heavy atom. The van der Waals surface area contributed by atoms with Gasteiger partial charge < -0.3 is 9.13 Å². The summed E-state index contributed by atoms with van der Waals surface area (Å²) >= 11 is 0. The molecule has 3 nitrogen and oxygen atoms in total. The smallest absolute Gasteiger partial charge is 0.0724 e. The Hall–Kier alpha value is -5.67. The van der Waals surface area contributed by atoms with Crippen molar-refractivity contribution in [3.05, 3.63) is 162 Å². The molecule has 5 aromatic carbocycles. The Labute approximate surface area is 255 Å². The van der Waals surface area contributed by atoms with Crippen molar-refractivity contribution in [2.45, 2.75) is 12.3 Å². The van der Waals surface area contributed by atoms with Crippen molar-refractivity contribution in [1.82, 2.24) is 14.1 Å². The molecule has 0 N–H and O–H groups in total. The zero-order chi connectivity index (χ0) is 29.0. The molecule has 1 atom stereocenters. The number of nitrogens with zero attached hydrogens (tertiary/aromatic N) is 3. The lowest BCUT2D eigenvalue weighted by Gasteiger charge is -2.15. The van der Waals surface area contributed by atoms with Gasteiger partial charge in [0.1, 0.15) is 0 Å². The SMILES string of the molecule is C1=c2c(n(-c3cccc(-c4ccc5c(c4)c4ccccc4n5-c4ccccc4)c3)c3cnccc23)=CCC1c1ccccc1. The Bertz CT molecular complexity index is 2470. The summed E-state index contributed by atoms with van der Waals surface area (Å²) in [5.74, 6) is 0.368. The van der Waals surface area contributed by atoms with Crippen molar-refractivity contribution < 1.29 is 0 Å². The van der Waals surface area contributed by atoms with Crippen molar-refractivity contribution in [2.24, 2.45) is 0 Å². The van der Waals surface area contributed by atoms with Crippen LogP contribution in [0.25, 0.3) is 67.4 Å². The van der Waals surface area contributed by atoms with Gasteiger partial charge in [-0.25, -0.2) is 0 Å². The topological polar surface area (TPSA) is 22.8 Å². The first-order valence-electron chi connectivity index (χ1n) is 15.2. The molecule has 208 valence electrons. The number of rotatable bonds is 4. The molecule has 0 saturated heterocycles. The van der Waals surface area contributed by atoms with E-state index in [0.717, 1.165) is 17.6 Å². The van der Waals surface area contributed by atoms with E-state index in [1.807, 2.05) is 12.4 Å². The van der Waals surface area contributed by atoms with Gasteiger partial charge in [0, 0.05) is 50.2 Å². The van der Waals surface area contributed by atoms with Crippen LogP contribution in [0.3, 0.4) is 0 Å². The normalized spacial score (nSPS) is 14.4. The highest BCUT2D eigenvalue weighted by Crippen LogP contribution is 2.35. The molecular weight excluding hydrogens is 534 g/mol. The van der Waals surface area contributed by atoms with E-state index >= 15 is 0 Å². The zero-order valence-electron chi connectivity index (χ0n) is 24.1. The lowest BCUT2D eigenvalue weighted by atomic mass is 9.92. The van der Waals surface area contributed by atoms with Crippen LogP contribution in [-0.4, -0.2) is 14.1 Å². The summed E-state index contributed by atoms with van der Waals surface area (Å²) in [4.78, 5) is 4.54. The monoisotopic (exact) mass is 563 g/mol. The van der Waals surface area contributed by atoms with Gasteiger partial charge in [0.15, 0.2) is 0 Å². The number of benzene rings is 5. The van der Waals surface area contributed by atoms with E-state index in [1.54, 1.807) is 0 Å². The van der Waals surface area contributed by atoms with Gasteiger partial charge in [0.05, 0.1) is 22.7 Å². The van der Waals surface area contributed by atoms with Crippen molar-refractivity contribution in [2.75, 3.05) is 0 Å². The first kappa shape index (κ1) is 24.9. The zero-order valence-corrected chi connectivity index (χ0v) is 24.1. The predicted octanol–water partition coefficient (Wildman–Crippen LogP) is 8.54. The first-order chi connectivity index (χ1) is 21.8. The molecule has 0 amide bonds. The molecule has 8 aromatic rings. The minimum atomic E-state index is 0.368. The highest BCUT2D eigenvalue weighted by Gasteiger charge is 2.18. The van der Waals surface area contributed by atoms with Gasteiger partial charge in [-0.3, -0.25) is 4.98 Å². The van der Waals surface area contributed by atoms with E-state index in [0.29, 0.717) is 5.92 Å². The number of hydrogen-bond donors (Lipinski definition) is 0. The molecule has 0 aliphatic heterocycles. The molecule has 3 heteroatoms. The summed E-state index contributed by atoms with van der Waals surface area (Å²) in [6.45, 7) is 0. The van der Waals surface area contributed by atoms with E-state index < -0.39 is 0 Å². The summed E-state index contributed by atoms with van der Waals surface area (Å²) < 4.78 is 4.75. The number of pyridine rings is 1. The van der Waals surface area contributed by atoms with Gasteiger partial charge in [-0.1, -0.05) is 97.1 Å². The molecule has 1 unspecified atom stereocenters. The van der Waals surface area contributed by atoms with E-state index in [9.17, 15) is 0 Å². The quantitative estimate of drug-likeness (QED) is 0.210. The van der Waals surface area contributed by atoms with Crippen molar-refractivity contribution in [1.29, 1.82) is 0 Å². The third-order valence-corrected chi connectivity index (χ3v) is 9.13. The largest absolute Gasteiger partial charge is 0.309 e. The maximum absolute atomic E-state index is 4.54. The fourth-order valence-electron chi connectivity index (χ4n) is 7.11. The van der Waals surface area contributed by atoms with E-state index in [-0.39, 0.29) is 0 Å². The molecule has 1 aliphatic rings. The van der Waals surface area contributed by atoms with Crippen LogP contribution in [0.2, 0.25) is 0 Å². The van der Waals surface area contributed by atoms with Crippen LogP contribution in [0.15, 0.2) is 146 Å². The van der Waals surface area contributed by atoms with Gasteiger partial charge in [0.2, 0.25) is 0 Å². The maximum atomic E-state index is 4.54. The summed E-state index contributed by atoms with van der Waals surface area (Å²) in [7, 11) is 0. The molecule has 0 saturated carbocycles. The third kappa shape index (κ3) is 3.86. The summed E-state index contributed by atoms with van der Waals surface area (Å²) in [5.41, 5.74) is 9.66. The molecule has 9 rings (SSSR count). The minimum absolute atomic E-state index is 0.368. The standard InChI is InChI=1S/C41H29N3/c1-3-10-28(11-4-1)30-18-20-40-37(25-30)35-22-23-42-27-41(35)44(40)33-15-9-12-29(24-33)31-19-21-39-36(26-31)34-16-7-8-17-38(34)43(39)32-13-5-2-6-14-32/h1-17,19-27,30H,18H2. The molecule has 44 heavy (non-hydrogen) atoms. The van der Waals surface area contributed by atoms with Crippen molar-refractivity contribution in [3.8, 4) is 22.5 Å². The fourth-order valence-corrected chi connectivity index (χ4v) is 7.11. The van der Waals surface area contributed by atoms with Gasteiger partial charge in [-0.05, 0) is 71.6 Å². The number of fused-ring (bicyclic) bond motifs is 6. The highest BCUT2D eigenvalue weighted by molar-refractivity contribution is 6.10. The van der Waals surface area contributed by atoms with Gasteiger partial charge in [-0.15, -0.1) is 0 Å². The Morgan fingerprint density at radius 2 is 1.30 bits per heavy atom. The molecule has 0 bridgehead atoms. The lowest BCUT2D eigenvalue weighted by molar-refractivity contribution is 0.907. The number of aromatic nitrogens is 3. The van der Waals surface area contributed by atoms with Crippen LogP contribution in [0.4, 0.5) is 0 Å². The highest BCUT2D eigenvalue weighted by atomic mass is 15.0. The van der Waals surface area contributed by atoms with Gasteiger partial charge in [0.25, 0.3) is 0 Å². The molecule has 0 fully saturated rings. The number of para-hydroxylation sites is 2. The van der Waals surface area contributed by atoms with Crippen LogP contribution >= 0.6 is 0 Å². The van der Waals surface area contributed by atoms with Crippen LogP contribution < -0.4 is 10.6 Å². The lowest BCUT2D eigenvalue weighted by Crippen LogP contribution is -2.31. The summed E-state index contributed by atoms with van der Waals surface area (Å²) in [6, 6.07) is 48.1. The van der Waals surface area contributed by atoms with E-state index in [1.165, 1.54) is 60.1 Å². The Kier molecular flexibility index (Phi) is 5.63. The van der Waals surface area contributed by atoms with Crippen LogP contribution in [-0.2, 0) is 0 Å². The Morgan fingerprint density at radius 3 is 2.18 bits per heavy atom. The summed E-state index contributed by atoms with van der Waals surface area (Å²) in [5, 5.41) is 6.31. The average Bonchev–Trinajstić information content (AvgIpc) is 3.61. The maximum Gasteiger partial charge on any atom is 0.0724 e. The first-order valence-corrected chi connectivity index (χ1v) is 15.2. The molecule has 1 aliphatic carbocycles. The summed E-state index contributed by atoms with van der Waals surface area (Å²) in [6.07, 6.45) is 9.74. The number of hydrogen-bond acceptors (Lipinski definition) is 1. The van der Waals surface area contributed by atoms with E-state index in [2.05, 4.69) is 160 Å². The van der Waals surface area contributed by atoms with Gasteiger partial charge >= 0.3 is 0 Å². The van der Waals surface area contributed by atoms with Gasteiger partial charge in [-0.2, -0.15) is 0 Å². The molecule has 0 radical (unpaired) electrons. The third-order valence-electron chi connectivity index (χ3n) is 9.13. The fraction of sp³-hybridized carbons (Fsp3) is 0.0488. The average molecular weight is 564 g/mol. The second-order valence-corrected chi connectivity index (χ2v) is 11.6. The molecule has 0 spiro atoms. The van der Waals surface area contributed by atoms with Crippen LogP contribution in [0, 0.1) is 0 Å². The van der Waals surface area contributed by atoms with Crippen LogP contribution in [0.5, 0.6) is 0 Å². The van der Waals surface area contributed by atoms with Crippen molar-refractivity contribution in [3.63, 3.8) is 0 Å². The van der Waals surface area contributed by atoms with E-state index in [4.69, 9.17) is 0 Å². The van der Waals surface area contributed by atoms with Crippen molar-refractivity contribution >= 4 is 44.9 Å². The molecular formula is C41H29N3. The molecule has 3 aromatic heterocycles. The second-order valence-electron chi connectivity index (χ2n) is 11.6. The minimum Gasteiger partial charge on any atom is -0.309 e. The molecule has 3 heterocycles. The van der Waals surface area contributed by atoms with Crippen LogP contribution in [0.1, 0.15) is 17.9 Å². The predicted molar refractivity (Wildman–Crippen MR) is 183 cm³/mol. The Balaban J connectivity index is 1.21. The second kappa shape index (κ2) is 9.96.